The third-order valence-corrected chi connectivity index (χ3v) is 3.52. The molecule has 1 unspecified atom stereocenters. The molecule has 0 saturated carbocycles. The largest absolute Gasteiger partial charge is 0.480 e. The van der Waals surface area contributed by atoms with Gasteiger partial charge in [0, 0.05) is 31.6 Å². The fraction of sp³-hybridized carbons (Fsp3) is 0.636. The molecule has 1 fully saturated rings. The van der Waals surface area contributed by atoms with Crippen LogP contribution in [0.5, 0.6) is 0 Å². The number of carbonyl (C=O) groups excluding carboxylic acids is 1. The normalized spacial score (nSPS) is 19.9. The first-order valence-corrected chi connectivity index (χ1v) is 6.55. The highest BCUT2D eigenvalue weighted by Crippen LogP contribution is 2.18. The number of rotatable bonds is 3. The molecular weight excluding hydrogens is 240 g/mol. The summed E-state index contributed by atoms with van der Waals surface area (Å²) in [7, 11) is 1.66. The van der Waals surface area contributed by atoms with Crippen molar-refractivity contribution >= 4 is 23.8 Å². The van der Waals surface area contributed by atoms with E-state index < -0.39 is 12.0 Å². The lowest BCUT2D eigenvalue weighted by molar-refractivity contribution is -0.141. The average Bonchev–Trinajstić information content (AvgIpc) is 2.27. The van der Waals surface area contributed by atoms with Gasteiger partial charge in [-0.15, -0.1) is 0 Å². The summed E-state index contributed by atoms with van der Waals surface area (Å²) in [5.74, 6) is 0.313. The number of carboxylic acid groups (broad SMARTS) is 1. The summed E-state index contributed by atoms with van der Waals surface area (Å²) in [6.45, 7) is 6.52. The Kier molecular flexibility index (Phi) is 4.86. The molecule has 1 atom stereocenters. The van der Waals surface area contributed by atoms with Crippen LogP contribution in [0.25, 0.3) is 0 Å². The van der Waals surface area contributed by atoms with Crippen molar-refractivity contribution < 1.29 is 14.7 Å². The number of hydrogen-bond acceptors (Lipinski definition) is 3. The predicted molar refractivity (Wildman–Crippen MR) is 68.3 cm³/mol. The minimum Gasteiger partial charge on any atom is -0.480 e. The Labute approximate surface area is 105 Å². The third-order valence-electron chi connectivity index (χ3n) is 2.49. The molecule has 1 rings (SSSR count). The number of urea groups is 1. The first kappa shape index (κ1) is 13.9. The number of thioether (sulfide) groups is 1. The molecule has 0 bridgehead atoms. The molecule has 0 aromatic heterocycles. The van der Waals surface area contributed by atoms with Crippen LogP contribution in [0.15, 0.2) is 12.2 Å². The van der Waals surface area contributed by atoms with Gasteiger partial charge < -0.3 is 14.9 Å². The Balaban J connectivity index is 2.70. The lowest BCUT2D eigenvalue weighted by Crippen LogP contribution is -2.54. The topological polar surface area (TPSA) is 60.9 Å². The molecule has 1 aliphatic rings. The molecular formula is C11H18N2O3S. The first-order chi connectivity index (χ1) is 7.93. The molecule has 0 radical (unpaired) electrons. The number of hydrogen-bond donors (Lipinski definition) is 1. The van der Waals surface area contributed by atoms with Crippen LogP contribution < -0.4 is 0 Å². The molecule has 0 spiro atoms. The molecule has 1 heterocycles. The minimum absolute atomic E-state index is 0.235. The molecule has 1 saturated heterocycles. The van der Waals surface area contributed by atoms with Crippen LogP contribution in [0, 0.1) is 0 Å². The van der Waals surface area contributed by atoms with Crippen LogP contribution in [-0.2, 0) is 4.79 Å². The second-order valence-corrected chi connectivity index (χ2v) is 5.37. The summed E-state index contributed by atoms with van der Waals surface area (Å²) in [5.41, 5.74) is 0.874. The average molecular weight is 258 g/mol. The summed E-state index contributed by atoms with van der Waals surface area (Å²) in [5, 5.41) is 9.08. The second-order valence-electron chi connectivity index (χ2n) is 4.22. The van der Waals surface area contributed by atoms with Crippen molar-refractivity contribution in [2.75, 3.05) is 31.6 Å². The maximum absolute atomic E-state index is 12.1. The number of aliphatic carboxylic acids is 1. The predicted octanol–water partition coefficient (Wildman–Crippen LogP) is 1.12. The van der Waals surface area contributed by atoms with E-state index in [9.17, 15) is 9.59 Å². The highest BCUT2D eigenvalue weighted by Gasteiger charge is 2.33. The molecule has 5 nitrogen and oxygen atoms in total. The van der Waals surface area contributed by atoms with Crippen molar-refractivity contribution in [3.8, 4) is 0 Å². The Hall–Kier alpha value is -1.17. The first-order valence-electron chi connectivity index (χ1n) is 5.40. The van der Waals surface area contributed by atoms with Gasteiger partial charge in [0.2, 0.25) is 0 Å². The van der Waals surface area contributed by atoms with Crippen molar-refractivity contribution in [1.82, 2.24) is 9.80 Å². The van der Waals surface area contributed by atoms with Crippen molar-refractivity contribution in [1.29, 1.82) is 0 Å². The summed E-state index contributed by atoms with van der Waals surface area (Å²) >= 11 is 1.57. The van der Waals surface area contributed by atoms with Gasteiger partial charge in [-0.1, -0.05) is 12.2 Å². The van der Waals surface area contributed by atoms with Crippen molar-refractivity contribution in [2.45, 2.75) is 13.0 Å². The summed E-state index contributed by atoms with van der Waals surface area (Å²) in [6, 6.07) is -0.950. The third kappa shape index (κ3) is 3.66. The number of carbonyl (C=O) groups is 2. The van der Waals surface area contributed by atoms with Gasteiger partial charge >= 0.3 is 12.0 Å². The zero-order valence-electron chi connectivity index (χ0n) is 10.2. The molecule has 0 aromatic rings. The van der Waals surface area contributed by atoms with E-state index in [0.717, 1.165) is 11.3 Å². The lowest BCUT2D eigenvalue weighted by Gasteiger charge is -2.35. The highest BCUT2D eigenvalue weighted by molar-refractivity contribution is 7.99. The SMILES string of the molecule is C=C(C)CN(C)C(=O)N1CCSCC1C(=O)O. The molecule has 2 amide bonds. The monoisotopic (exact) mass is 258 g/mol. The summed E-state index contributed by atoms with van der Waals surface area (Å²) in [4.78, 5) is 26.1. The van der Waals surface area contributed by atoms with Gasteiger partial charge in [-0.3, -0.25) is 0 Å². The van der Waals surface area contributed by atoms with Gasteiger partial charge in [-0.05, 0) is 6.92 Å². The summed E-state index contributed by atoms with van der Waals surface area (Å²) in [6.07, 6.45) is 0. The Bertz CT molecular complexity index is 333. The second kappa shape index (κ2) is 5.95. The van der Waals surface area contributed by atoms with Crippen LogP contribution in [0.4, 0.5) is 4.79 Å². The summed E-state index contributed by atoms with van der Waals surface area (Å²) < 4.78 is 0. The molecule has 96 valence electrons. The van der Waals surface area contributed by atoms with Gasteiger partial charge in [0.05, 0.1) is 0 Å². The van der Waals surface area contributed by atoms with Gasteiger partial charge in [-0.25, -0.2) is 9.59 Å². The van der Waals surface area contributed by atoms with Gasteiger partial charge in [0.15, 0.2) is 0 Å². The van der Waals surface area contributed by atoms with E-state index in [0.29, 0.717) is 18.8 Å². The lowest BCUT2D eigenvalue weighted by atomic mass is 10.2. The quantitative estimate of drug-likeness (QED) is 0.771. The Morgan fingerprint density at radius 3 is 2.76 bits per heavy atom. The maximum Gasteiger partial charge on any atom is 0.327 e. The van der Waals surface area contributed by atoms with Gasteiger partial charge in [-0.2, -0.15) is 11.8 Å². The van der Waals surface area contributed by atoms with Crippen LogP contribution in [0.2, 0.25) is 0 Å². The zero-order chi connectivity index (χ0) is 13.0. The van der Waals surface area contributed by atoms with E-state index in [4.69, 9.17) is 5.11 Å². The Morgan fingerprint density at radius 1 is 1.59 bits per heavy atom. The van der Waals surface area contributed by atoms with Crippen LogP contribution in [0.3, 0.4) is 0 Å². The number of carboxylic acids is 1. The van der Waals surface area contributed by atoms with E-state index >= 15 is 0 Å². The minimum atomic E-state index is -0.936. The van der Waals surface area contributed by atoms with E-state index in [1.165, 1.54) is 9.80 Å². The van der Waals surface area contributed by atoms with Gasteiger partial charge in [0.1, 0.15) is 6.04 Å². The van der Waals surface area contributed by atoms with Gasteiger partial charge in [0.25, 0.3) is 0 Å². The molecule has 0 aromatic carbocycles. The Morgan fingerprint density at radius 2 is 2.24 bits per heavy atom. The van der Waals surface area contributed by atoms with Crippen molar-refractivity contribution in [3.05, 3.63) is 12.2 Å². The molecule has 1 N–H and O–H groups in total. The molecule has 1 aliphatic heterocycles. The fourth-order valence-electron chi connectivity index (χ4n) is 1.73. The molecule has 6 heteroatoms. The van der Waals surface area contributed by atoms with E-state index in [-0.39, 0.29) is 6.03 Å². The number of amides is 2. The van der Waals surface area contributed by atoms with Crippen LogP contribution in [-0.4, -0.2) is 64.6 Å². The van der Waals surface area contributed by atoms with Crippen LogP contribution in [0.1, 0.15) is 6.92 Å². The molecule has 17 heavy (non-hydrogen) atoms. The van der Waals surface area contributed by atoms with Crippen molar-refractivity contribution in [3.63, 3.8) is 0 Å². The smallest absolute Gasteiger partial charge is 0.327 e. The zero-order valence-corrected chi connectivity index (χ0v) is 11.0. The van der Waals surface area contributed by atoms with E-state index in [2.05, 4.69) is 6.58 Å². The number of nitrogens with zero attached hydrogens (tertiary/aromatic N) is 2. The fourth-order valence-corrected chi connectivity index (χ4v) is 2.77. The number of likely N-dealkylation sites (N-methyl/N-ethyl adjacent to an activating group) is 1. The highest BCUT2D eigenvalue weighted by atomic mass is 32.2. The van der Waals surface area contributed by atoms with E-state index in [1.54, 1.807) is 18.8 Å². The maximum atomic E-state index is 12.1. The van der Waals surface area contributed by atoms with Crippen molar-refractivity contribution in [2.24, 2.45) is 0 Å². The van der Waals surface area contributed by atoms with Crippen LogP contribution >= 0.6 is 11.8 Å². The molecule has 0 aliphatic carbocycles. The standard InChI is InChI=1S/C11H18N2O3S/c1-8(2)6-12(3)11(16)13-4-5-17-7-9(13)10(14)15/h9H,1,4-7H2,2-3H3,(H,14,15). The van der Waals surface area contributed by atoms with E-state index in [1.807, 2.05) is 6.92 Å².